The van der Waals surface area contributed by atoms with Crippen LogP contribution in [0.15, 0.2) is 39.6 Å². The van der Waals surface area contributed by atoms with E-state index in [0.717, 1.165) is 15.5 Å². The average Bonchev–Trinajstić information content (AvgIpc) is 3.02. The minimum atomic E-state index is -0.375. The summed E-state index contributed by atoms with van der Waals surface area (Å²) in [5.74, 6) is -0.375. The van der Waals surface area contributed by atoms with Crippen LogP contribution in [0.4, 0.5) is 0 Å². The zero-order chi connectivity index (χ0) is 13.4. The van der Waals surface area contributed by atoms with Gasteiger partial charge in [0.1, 0.15) is 5.52 Å². The van der Waals surface area contributed by atoms with Crippen LogP contribution in [0.25, 0.3) is 16.6 Å². The Hall–Kier alpha value is -1.66. The van der Waals surface area contributed by atoms with Crippen molar-refractivity contribution >= 4 is 44.1 Å². The molecule has 1 aromatic carbocycles. The summed E-state index contributed by atoms with van der Waals surface area (Å²) in [7, 11) is 1.37. The highest BCUT2D eigenvalue weighted by Gasteiger charge is 2.14. The Morgan fingerprint density at radius 3 is 2.95 bits per heavy atom. The number of esters is 1. The first-order valence-corrected chi connectivity index (χ1v) is 7.23. The van der Waals surface area contributed by atoms with Crippen molar-refractivity contribution in [3.8, 4) is 5.69 Å². The number of halogens is 1. The summed E-state index contributed by atoms with van der Waals surface area (Å²) in [4.78, 5) is 11.7. The Labute approximate surface area is 121 Å². The largest absolute Gasteiger partial charge is 0.465 e. The molecule has 0 saturated heterocycles. The Morgan fingerprint density at radius 1 is 1.42 bits per heavy atom. The van der Waals surface area contributed by atoms with Crippen LogP contribution in [0.3, 0.4) is 0 Å². The molecule has 19 heavy (non-hydrogen) atoms. The minimum absolute atomic E-state index is 0.375. The first kappa shape index (κ1) is 12.4. The van der Waals surface area contributed by atoms with E-state index >= 15 is 0 Å². The van der Waals surface area contributed by atoms with Crippen molar-refractivity contribution in [3.05, 3.63) is 45.2 Å². The zero-order valence-electron chi connectivity index (χ0n) is 9.96. The van der Waals surface area contributed by atoms with E-state index in [4.69, 9.17) is 4.74 Å². The van der Waals surface area contributed by atoms with E-state index in [1.807, 2.05) is 29.1 Å². The summed E-state index contributed by atoms with van der Waals surface area (Å²) >= 11 is 5.07. The van der Waals surface area contributed by atoms with Crippen LogP contribution >= 0.6 is 27.3 Å². The number of rotatable bonds is 2. The van der Waals surface area contributed by atoms with E-state index in [-0.39, 0.29) is 5.97 Å². The lowest BCUT2D eigenvalue weighted by molar-refractivity contribution is 0.0602. The third-order valence-corrected chi connectivity index (χ3v) is 4.45. The molecule has 2 aromatic heterocycles. The van der Waals surface area contributed by atoms with Crippen LogP contribution < -0.4 is 0 Å². The molecule has 3 aromatic rings. The molecule has 0 radical (unpaired) electrons. The molecule has 2 heterocycles. The smallest absolute Gasteiger partial charge is 0.340 e. The number of ether oxygens (including phenoxy) is 1. The van der Waals surface area contributed by atoms with Gasteiger partial charge in [-0.15, -0.1) is 11.3 Å². The van der Waals surface area contributed by atoms with Gasteiger partial charge in [0.25, 0.3) is 0 Å². The van der Waals surface area contributed by atoms with Crippen LogP contribution in [0.5, 0.6) is 0 Å². The molecule has 0 spiro atoms. The third-order valence-electron chi connectivity index (χ3n) is 2.78. The van der Waals surface area contributed by atoms with E-state index in [1.54, 1.807) is 22.1 Å². The number of fused-ring (bicyclic) bond motifs is 1. The van der Waals surface area contributed by atoms with Gasteiger partial charge in [-0.2, -0.15) is 5.10 Å². The molecule has 96 valence electrons. The van der Waals surface area contributed by atoms with Crippen LogP contribution in [0, 0.1) is 0 Å². The maximum absolute atomic E-state index is 11.7. The summed E-state index contributed by atoms with van der Waals surface area (Å²) in [5.41, 5.74) is 2.08. The van der Waals surface area contributed by atoms with E-state index in [1.165, 1.54) is 7.11 Å². The third kappa shape index (κ3) is 2.06. The molecule has 6 heteroatoms. The fraction of sp³-hybridized carbons (Fsp3) is 0.0769. The number of hydrogen-bond donors (Lipinski definition) is 0. The first-order valence-electron chi connectivity index (χ1n) is 5.49. The van der Waals surface area contributed by atoms with Crippen LogP contribution in [-0.2, 0) is 4.74 Å². The molecule has 0 saturated carbocycles. The highest BCUT2D eigenvalue weighted by atomic mass is 79.9. The second-order valence-corrected chi connectivity index (χ2v) is 5.51. The number of carbonyl (C=O) groups is 1. The summed E-state index contributed by atoms with van der Waals surface area (Å²) in [6.07, 6.45) is 1.90. The maximum Gasteiger partial charge on any atom is 0.340 e. The molecule has 0 fully saturated rings. The van der Waals surface area contributed by atoms with Crippen molar-refractivity contribution in [3.63, 3.8) is 0 Å². The average molecular weight is 337 g/mol. The second kappa shape index (κ2) is 4.79. The Bertz CT molecular complexity index is 763. The lowest BCUT2D eigenvalue weighted by atomic mass is 10.1. The summed E-state index contributed by atoms with van der Waals surface area (Å²) in [6, 6.07) is 5.46. The standard InChI is InChI=1S/C13H9BrN2O2S/c1-18-13(17)9-4-2-3-8-5-16(15-12(8)9)11-7-19-6-10(11)14/h2-7H,1H3. The molecule has 0 atom stereocenters. The van der Waals surface area contributed by atoms with Gasteiger partial charge >= 0.3 is 5.97 Å². The van der Waals surface area contributed by atoms with E-state index in [9.17, 15) is 4.79 Å². The quantitative estimate of drug-likeness (QED) is 0.671. The normalized spacial score (nSPS) is 10.8. The molecular weight excluding hydrogens is 328 g/mol. The molecule has 4 nitrogen and oxygen atoms in total. The number of aromatic nitrogens is 2. The highest BCUT2D eigenvalue weighted by molar-refractivity contribution is 9.10. The van der Waals surface area contributed by atoms with Crippen molar-refractivity contribution in [1.82, 2.24) is 9.78 Å². The van der Waals surface area contributed by atoms with Gasteiger partial charge in [-0.25, -0.2) is 9.48 Å². The summed E-state index contributed by atoms with van der Waals surface area (Å²) in [5, 5.41) is 9.36. The second-order valence-electron chi connectivity index (χ2n) is 3.91. The number of benzene rings is 1. The maximum atomic E-state index is 11.7. The van der Waals surface area contributed by atoms with Gasteiger partial charge in [-0.1, -0.05) is 12.1 Å². The molecule has 3 rings (SSSR count). The van der Waals surface area contributed by atoms with E-state index in [0.29, 0.717) is 11.1 Å². The Kier molecular flexibility index (Phi) is 3.12. The summed E-state index contributed by atoms with van der Waals surface area (Å²) < 4.78 is 7.51. The molecule has 0 aliphatic rings. The fourth-order valence-corrected chi connectivity index (χ4v) is 3.33. The molecule has 0 aliphatic carbocycles. The van der Waals surface area contributed by atoms with Crippen LogP contribution in [0.2, 0.25) is 0 Å². The molecule has 0 N–H and O–H groups in total. The monoisotopic (exact) mass is 336 g/mol. The van der Waals surface area contributed by atoms with Gasteiger partial charge in [0.05, 0.1) is 22.8 Å². The van der Waals surface area contributed by atoms with Crippen molar-refractivity contribution in [1.29, 1.82) is 0 Å². The van der Waals surface area contributed by atoms with Gasteiger partial charge in [0, 0.05) is 22.3 Å². The predicted octanol–water partition coefficient (Wildman–Crippen LogP) is 3.64. The predicted molar refractivity (Wildman–Crippen MR) is 78.0 cm³/mol. The van der Waals surface area contributed by atoms with Crippen molar-refractivity contribution in [2.75, 3.05) is 7.11 Å². The SMILES string of the molecule is COC(=O)c1cccc2cn(-c3cscc3Br)nc12. The van der Waals surface area contributed by atoms with Crippen molar-refractivity contribution < 1.29 is 9.53 Å². The Morgan fingerprint density at radius 2 is 2.26 bits per heavy atom. The van der Waals surface area contributed by atoms with Crippen LogP contribution in [0.1, 0.15) is 10.4 Å². The van der Waals surface area contributed by atoms with E-state index < -0.39 is 0 Å². The topological polar surface area (TPSA) is 44.1 Å². The number of hydrogen-bond acceptors (Lipinski definition) is 4. The Balaban J connectivity index is 2.21. The molecule has 0 bridgehead atoms. The fourth-order valence-electron chi connectivity index (χ4n) is 1.88. The molecule has 0 unspecified atom stereocenters. The lowest BCUT2D eigenvalue weighted by Gasteiger charge is -1.99. The minimum Gasteiger partial charge on any atom is -0.465 e. The van der Waals surface area contributed by atoms with Gasteiger partial charge in [0.15, 0.2) is 0 Å². The zero-order valence-corrected chi connectivity index (χ0v) is 12.4. The van der Waals surface area contributed by atoms with Crippen molar-refractivity contribution in [2.24, 2.45) is 0 Å². The van der Waals surface area contributed by atoms with Crippen molar-refractivity contribution in [2.45, 2.75) is 0 Å². The summed E-state index contributed by atoms with van der Waals surface area (Å²) in [6.45, 7) is 0. The molecule has 0 aliphatic heterocycles. The number of thiophene rings is 1. The van der Waals surface area contributed by atoms with E-state index in [2.05, 4.69) is 21.0 Å². The first-order chi connectivity index (χ1) is 9.20. The van der Waals surface area contributed by atoms with Crippen LogP contribution in [-0.4, -0.2) is 22.9 Å². The molecule has 0 amide bonds. The molecular formula is C13H9BrN2O2S. The number of methoxy groups -OCH3 is 1. The lowest BCUT2D eigenvalue weighted by Crippen LogP contribution is -2.02. The van der Waals surface area contributed by atoms with Gasteiger partial charge in [0.2, 0.25) is 0 Å². The number of carbonyl (C=O) groups excluding carboxylic acids is 1. The van der Waals surface area contributed by atoms with Gasteiger partial charge < -0.3 is 4.74 Å². The number of nitrogens with zero attached hydrogens (tertiary/aromatic N) is 2. The highest BCUT2D eigenvalue weighted by Crippen LogP contribution is 2.27. The van der Waals surface area contributed by atoms with Gasteiger partial charge in [-0.3, -0.25) is 0 Å². The van der Waals surface area contributed by atoms with Gasteiger partial charge in [-0.05, 0) is 22.0 Å².